The quantitative estimate of drug-likeness (QED) is 0.792. The zero-order valence-corrected chi connectivity index (χ0v) is 15.6. The Kier molecular flexibility index (Phi) is 5.75. The number of aliphatic carboxylic acids is 1. The summed E-state index contributed by atoms with van der Waals surface area (Å²) in [5.74, 6) is -1.26. The van der Waals surface area contributed by atoms with Gasteiger partial charge in [0.25, 0.3) is 5.91 Å². The molecule has 0 fully saturated rings. The Hall–Kier alpha value is -2.05. The first-order chi connectivity index (χ1) is 11.6. The maximum absolute atomic E-state index is 12.4. The van der Waals surface area contributed by atoms with Crippen molar-refractivity contribution in [3.05, 3.63) is 45.7 Å². The average molecular weight is 384 g/mol. The van der Waals surface area contributed by atoms with Crippen LogP contribution in [0.1, 0.15) is 42.9 Å². The molecule has 0 atom stereocenters. The van der Waals surface area contributed by atoms with Crippen LogP contribution in [0.5, 0.6) is 0 Å². The highest BCUT2D eigenvalue weighted by Crippen LogP contribution is 2.25. The van der Waals surface area contributed by atoms with Gasteiger partial charge in [0.05, 0.1) is 15.7 Å². The highest BCUT2D eigenvalue weighted by atomic mass is 35.5. The van der Waals surface area contributed by atoms with Crippen LogP contribution in [0, 0.1) is 6.92 Å². The molecule has 0 aliphatic carbocycles. The summed E-state index contributed by atoms with van der Waals surface area (Å²) in [4.78, 5) is 23.2. The number of carboxylic acids is 1. The van der Waals surface area contributed by atoms with Gasteiger partial charge in [0.2, 0.25) is 0 Å². The topological polar surface area (TPSA) is 84.2 Å². The molecule has 8 heteroatoms. The number of rotatable bonds is 6. The molecule has 25 heavy (non-hydrogen) atoms. The van der Waals surface area contributed by atoms with Gasteiger partial charge < -0.3 is 10.4 Å². The lowest BCUT2D eigenvalue weighted by Gasteiger charge is -2.25. The number of carboxylic acid groups (broad SMARTS) is 1. The Morgan fingerprint density at radius 2 is 1.92 bits per heavy atom. The Balaban J connectivity index is 2.19. The molecule has 1 aromatic carbocycles. The van der Waals surface area contributed by atoms with E-state index in [4.69, 9.17) is 28.3 Å². The lowest BCUT2D eigenvalue weighted by molar-refractivity contribution is -0.137. The van der Waals surface area contributed by atoms with E-state index in [1.807, 2.05) is 6.92 Å². The Morgan fingerprint density at radius 3 is 2.52 bits per heavy atom. The molecule has 2 rings (SSSR count). The van der Waals surface area contributed by atoms with E-state index in [2.05, 4.69) is 10.4 Å². The number of nitrogens with zero attached hydrogens (tertiary/aromatic N) is 2. The fourth-order valence-electron chi connectivity index (χ4n) is 2.32. The van der Waals surface area contributed by atoms with Crippen LogP contribution in [-0.2, 0) is 4.79 Å². The summed E-state index contributed by atoms with van der Waals surface area (Å²) in [6, 6.07) is 6.75. The van der Waals surface area contributed by atoms with Crippen molar-refractivity contribution >= 4 is 35.1 Å². The molecular formula is C17H19Cl2N3O3. The van der Waals surface area contributed by atoms with Gasteiger partial charge in [-0.2, -0.15) is 5.10 Å². The maximum atomic E-state index is 12.4. The maximum Gasteiger partial charge on any atom is 0.303 e. The summed E-state index contributed by atoms with van der Waals surface area (Å²) in [5.41, 5.74) is 1.03. The molecule has 0 radical (unpaired) electrons. The summed E-state index contributed by atoms with van der Waals surface area (Å²) >= 11 is 12.0. The summed E-state index contributed by atoms with van der Waals surface area (Å²) in [7, 11) is 0. The van der Waals surface area contributed by atoms with Gasteiger partial charge in [-0.1, -0.05) is 23.2 Å². The molecule has 1 amide bonds. The van der Waals surface area contributed by atoms with Gasteiger partial charge in [0.1, 0.15) is 0 Å². The van der Waals surface area contributed by atoms with Gasteiger partial charge in [-0.05, 0) is 51.5 Å². The van der Waals surface area contributed by atoms with Crippen molar-refractivity contribution in [2.75, 3.05) is 0 Å². The van der Waals surface area contributed by atoms with E-state index in [0.717, 1.165) is 5.69 Å². The normalized spacial score (nSPS) is 11.4. The molecule has 0 unspecified atom stereocenters. The predicted octanol–water partition coefficient (Wildman–Crippen LogP) is 3.86. The SMILES string of the molecule is Cc1cc(C(=O)NC(C)(C)CCC(=O)O)nn1-c1ccc(Cl)c(Cl)c1. The number of aromatic nitrogens is 2. The minimum absolute atomic E-state index is 0.0238. The van der Waals surface area contributed by atoms with Crippen LogP contribution in [0.2, 0.25) is 10.0 Å². The number of carbonyl (C=O) groups excluding carboxylic acids is 1. The third-order valence-electron chi connectivity index (χ3n) is 3.68. The van der Waals surface area contributed by atoms with Crippen LogP contribution < -0.4 is 5.32 Å². The number of hydrogen-bond donors (Lipinski definition) is 2. The minimum atomic E-state index is -0.901. The molecule has 2 aromatic rings. The summed E-state index contributed by atoms with van der Waals surface area (Å²) in [5, 5.41) is 16.8. The molecule has 0 saturated carbocycles. The van der Waals surface area contributed by atoms with Crippen molar-refractivity contribution in [1.82, 2.24) is 15.1 Å². The average Bonchev–Trinajstić information content (AvgIpc) is 2.90. The van der Waals surface area contributed by atoms with Crippen LogP contribution in [0.3, 0.4) is 0 Å². The molecule has 6 nitrogen and oxygen atoms in total. The number of hydrogen-bond acceptors (Lipinski definition) is 3. The molecule has 1 aromatic heterocycles. The molecule has 1 heterocycles. The molecule has 0 saturated heterocycles. The zero-order chi connectivity index (χ0) is 18.8. The fourth-order valence-corrected chi connectivity index (χ4v) is 2.61. The van der Waals surface area contributed by atoms with Gasteiger partial charge in [-0.15, -0.1) is 0 Å². The molecule has 134 valence electrons. The van der Waals surface area contributed by atoms with Crippen molar-refractivity contribution in [1.29, 1.82) is 0 Å². The van der Waals surface area contributed by atoms with Crippen LogP contribution in [-0.4, -0.2) is 32.3 Å². The van der Waals surface area contributed by atoms with E-state index in [0.29, 0.717) is 22.2 Å². The number of benzene rings is 1. The monoisotopic (exact) mass is 383 g/mol. The smallest absolute Gasteiger partial charge is 0.303 e. The van der Waals surface area contributed by atoms with Gasteiger partial charge in [0, 0.05) is 17.7 Å². The molecule has 0 aliphatic rings. The van der Waals surface area contributed by atoms with E-state index in [9.17, 15) is 9.59 Å². The van der Waals surface area contributed by atoms with Crippen molar-refractivity contribution in [3.8, 4) is 5.69 Å². The summed E-state index contributed by atoms with van der Waals surface area (Å²) < 4.78 is 1.60. The first-order valence-electron chi connectivity index (χ1n) is 7.65. The zero-order valence-electron chi connectivity index (χ0n) is 14.1. The minimum Gasteiger partial charge on any atom is -0.481 e. The predicted molar refractivity (Wildman–Crippen MR) is 96.7 cm³/mol. The van der Waals surface area contributed by atoms with Crippen molar-refractivity contribution in [2.24, 2.45) is 0 Å². The van der Waals surface area contributed by atoms with E-state index in [1.54, 1.807) is 42.8 Å². The highest BCUT2D eigenvalue weighted by Gasteiger charge is 2.24. The Labute approximate surface area is 155 Å². The van der Waals surface area contributed by atoms with Crippen molar-refractivity contribution in [3.63, 3.8) is 0 Å². The van der Waals surface area contributed by atoms with E-state index >= 15 is 0 Å². The van der Waals surface area contributed by atoms with E-state index in [1.165, 1.54) is 0 Å². The first kappa shape index (κ1) is 19.3. The third-order valence-corrected chi connectivity index (χ3v) is 4.42. The van der Waals surface area contributed by atoms with Crippen LogP contribution in [0.4, 0.5) is 0 Å². The van der Waals surface area contributed by atoms with Crippen LogP contribution in [0.25, 0.3) is 5.69 Å². The molecule has 2 N–H and O–H groups in total. The van der Waals surface area contributed by atoms with E-state index < -0.39 is 11.5 Å². The molecule has 0 bridgehead atoms. The third kappa shape index (κ3) is 4.96. The number of carbonyl (C=O) groups is 2. The first-order valence-corrected chi connectivity index (χ1v) is 8.41. The molecular weight excluding hydrogens is 365 g/mol. The van der Waals surface area contributed by atoms with Crippen molar-refractivity contribution in [2.45, 2.75) is 39.2 Å². The lowest BCUT2D eigenvalue weighted by Crippen LogP contribution is -2.43. The number of halogens is 2. The van der Waals surface area contributed by atoms with E-state index in [-0.39, 0.29) is 18.0 Å². The highest BCUT2D eigenvalue weighted by molar-refractivity contribution is 6.42. The second kappa shape index (κ2) is 7.45. The van der Waals surface area contributed by atoms with Gasteiger partial charge in [-0.3, -0.25) is 9.59 Å². The van der Waals surface area contributed by atoms with Crippen molar-refractivity contribution < 1.29 is 14.7 Å². The van der Waals surface area contributed by atoms with Gasteiger partial charge in [-0.25, -0.2) is 4.68 Å². The van der Waals surface area contributed by atoms with Gasteiger partial charge >= 0.3 is 5.97 Å². The Morgan fingerprint density at radius 1 is 1.24 bits per heavy atom. The number of nitrogens with one attached hydrogen (secondary N) is 1. The van der Waals surface area contributed by atoms with Crippen LogP contribution in [0.15, 0.2) is 24.3 Å². The largest absolute Gasteiger partial charge is 0.481 e. The number of aryl methyl sites for hydroxylation is 1. The second-order valence-electron chi connectivity index (χ2n) is 6.41. The summed E-state index contributed by atoms with van der Waals surface area (Å²) in [6.45, 7) is 5.37. The second-order valence-corrected chi connectivity index (χ2v) is 7.23. The molecule has 0 aliphatic heterocycles. The standard InChI is InChI=1S/C17H19Cl2N3O3/c1-10-8-14(16(25)20-17(2,3)7-6-15(23)24)21-22(10)11-4-5-12(18)13(19)9-11/h4-5,8-9H,6-7H2,1-3H3,(H,20,25)(H,23,24). The van der Waals surface area contributed by atoms with Gasteiger partial charge in [0.15, 0.2) is 5.69 Å². The fraction of sp³-hybridized carbons (Fsp3) is 0.353. The van der Waals surface area contributed by atoms with Crippen LogP contribution >= 0.6 is 23.2 Å². The lowest BCUT2D eigenvalue weighted by atomic mass is 9.98. The molecule has 0 spiro atoms. The number of amides is 1. The summed E-state index contributed by atoms with van der Waals surface area (Å²) in [6.07, 6.45) is 0.296. The Bertz CT molecular complexity index is 815.